The van der Waals surface area contributed by atoms with Crippen molar-refractivity contribution in [2.24, 2.45) is 11.8 Å². The normalized spacial score (nSPS) is 19.0. The Balaban J connectivity index is 1.35. The quantitative estimate of drug-likeness (QED) is 0.175. The van der Waals surface area contributed by atoms with Gasteiger partial charge in [-0.15, -0.1) is 0 Å². The number of likely N-dealkylation sites (tertiary alicyclic amines) is 1. The van der Waals surface area contributed by atoms with Crippen LogP contribution in [0.5, 0.6) is 0 Å². The standard InChI is InChI=1S/C30H37BrF3N5O5/c1-29(2,3)44-28(41)38-16-13-30(33,34)20(18-38)6-4-5-19-11-14-37(15-12-19)24-17-21(39(42)43)7-8-22(24)27(40)36-25-10-9-23(32)26(31)35-25/h7-10,17,19-20H,4-6,11-16,18H2,1-3H3,(H,35,36,40). The molecule has 0 spiro atoms. The van der Waals surface area contributed by atoms with Crippen molar-refractivity contribution in [2.45, 2.75) is 70.8 Å². The molecule has 2 amide bonds. The number of hydrogen-bond donors (Lipinski definition) is 1. The smallest absolute Gasteiger partial charge is 0.410 e. The Morgan fingerprint density at radius 3 is 2.50 bits per heavy atom. The molecule has 4 rings (SSSR count). The molecule has 1 aromatic heterocycles. The SMILES string of the molecule is CC(C)(C)OC(=O)N1CCC(F)(F)C(CCCC2CCN(c3cc([N+](=O)[O-])ccc3C(=O)Nc3ccc(F)c(Br)n3)CC2)C1. The average molecular weight is 685 g/mol. The van der Waals surface area contributed by atoms with E-state index in [2.05, 4.69) is 26.2 Å². The van der Waals surface area contributed by atoms with Crippen LogP contribution >= 0.6 is 15.9 Å². The third-order valence-corrected chi connectivity index (χ3v) is 8.56. The zero-order valence-electron chi connectivity index (χ0n) is 25.0. The van der Waals surface area contributed by atoms with Crippen molar-refractivity contribution in [1.29, 1.82) is 0 Å². The van der Waals surface area contributed by atoms with E-state index in [9.17, 15) is 32.9 Å². The van der Waals surface area contributed by atoms with E-state index in [1.54, 1.807) is 20.8 Å². The number of nitrogens with zero attached hydrogens (tertiary/aromatic N) is 4. The summed E-state index contributed by atoms with van der Waals surface area (Å²) >= 11 is 2.99. The summed E-state index contributed by atoms with van der Waals surface area (Å²) in [6.07, 6.45) is 2.10. The molecule has 0 bridgehead atoms. The molecule has 2 aliphatic rings. The number of anilines is 2. The number of piperidine rings is 2. The summed E-state index contributed by atoms with van der Waals surface area (Å²) in [5.41, 5.74) is -0.241. The van der Waals surface area contributed by atoms with Gasteiger partial charge in [0.2, 0.25) is 0 Å². The number of non-ortho nitro benzene ring substituents is 1. The van der Waals surface area contributed by atoms with Crippen molar-refractivity contribution in [3.8, 4) is 0 Å². The molecule has 0 aliphatic carbocycles. The molecule has 240 valence electrons. The molecule has 2 saturated heterocycles. The van der Waals surface area contributed by atoms with Crippen molar-refractivity contribution < 1.29 is 32.4 Å². The second-order valence-electron chi connectivity index (χ2n) is 12.4. The first-order valence-electron chi connectivity index (χ1n) is 14.7. The number of nitro groups is 1. The van der Waals surface area contributed by atoms with E-state index in [-0.39, 0.29) is 53.5 Å². The van der Waals surface area contributed by atoms with Gasteiger partial charge in [-0.3, -0.25) is 14.9 Å². The second-order valence-corrected chi connectivity index (χ2v) is 13.1. The molecule has 1 N–H and O–H groups in total. The van der Waals surface area contributed by atoms with E-state index < -0.39 is 40.2 Å². The third kappa shape index (κ3) is 8.60. The largest absolute Gasteiger partial charge is 0.444 e. The van der Waals surface area contributed by atoms with Gasteiger partial charge in [0.25, 0.3) is 17.5 Å². The van der Waals surface area contributed by atoms with Crippen molar-refractivity contribution in [2.75, 3.05) is 36.4 Å². The molecule has 0 radical (unpaired) electrons. The average Bonchev–Trinajstić information content (AvgIpc) is 2.95. The Bertz CT molecular complexity index is 1380. The van der Waals surface area contributed by atoms with Crippen LogP contribution in [0.1, 0.15) is 69.7 Å². The lowest BCUT2D eigenvalue weighted by molar-refractivity contribution is -0.384. The van der Waals surface area contributed by atoms with Gasteiger partial charge in [-0.2, -0.15) is 0 Å². The lowest BCUT2D eigenvalue weighted by Crippen LogP contribution is -2.50. The zero-order chi connectivity index (χ0) is 32.2. The highest BCUT2D eigenvalue weighted by atomic mass is 79.9. The molecule has 1 aromatic carbocycles. The minimum absolute atomic E-state index is 0.0352. The van der Waals surface area contributed by atoms with Gasteiger partial charge in [-0.25, -0.2) is 22.9 Å². The number of carbonyl (C=O) groups excluding carboxylic acids is 2. The predicted octanol–water partition coefficient (Wildman–Crippen LogP) is 7.42. The van der Waals surface area contributed by atoms with Gasteiger partial charge in [0, 0.05) is 50.7 Å². The van der Waals surface area contributed by atoms with Crippen LogP contribution in [0.3, 0.4) is 0 Å². The molecule has 3 heterocycles. The van der Waals surface area contributed by atoms with Crippen molar-refractivity contribution >= 4 is 45.1 Å². The summed E-state index contributed by atoms with van der Waals surface area (Å²) < 4.78 is 48.3. The van der Waals surface area contributed by atoms with Gasteiger partial charge < -0.3 is 19.9 Å². The number of nitro benzene ring substituents is 1. The van der Waals surface area contributed by atoms with Crippen LogP contribution in [0.25, 0.3) is 0 Å². The molecule has 1 atom stereocenters. The maximum Gasteiger partial charge on any atom is 0.410 e. The number of carbonyl (C=O) groups is 2. The number of hydrogen-bond acceptors (Lipinski definition) is 7. The Morgan fingerprint density at radius 2 is 1.86 bits per heavy atom. The lowest BCUT2D eigenvalue weighted by Gasteiger charge is -2.39. The molecule has 44 heavy (non-hydrogen) atoms. The summed E-state index contributed by atoms with van der Waals surface area (Å²) in [6, 6.07) is 6.47. The minimum Gasteiger partial charge on any atom is -0.444 e. The number of nitrogens with one attached hydrogen (secondary N) is 1. The summed E-state index contributed by atoms with van der Waals surface area (Å²) in [5.74, 6) is -4.54. The molecule has 2 aliphatic heterocycles. The Hall–Kier alpha value is -3.42. The molecule has 1 unspecified atom stereocenters. The van der Waals surface area contributed by atoms with E-state index in [0.29, 0.717) is 25.2 Å². The fourth-order valence-electron chi connectivity index (χ4n) is 5.65. The first-order chi connectivity index (χ1) is 20.6. The molecular weight excluding hydrogens is 647 g/mol. The van der Waals surface area contributed by atoms with Crippen molar-refractivity contribution in [3.63, 3.8) is 0 Å². The first kappa shape index (κ1) is 33.5. The minimum atomic E-state index is -2.85. The van der Waals surface area contributed by atoms with Gasteiger partial charge in [-0.1, -0.05) is 12.8 Å². The van der Waals surface area contributed by atoms with Gasteiger partial charge in [0.1, 0.15) is 16.0 Å². The van der Waals surface area contributed by atoms with Crippen LogP contribution in [0.15, 0.2) is 34.9 Å². The summed E-state index contributed by atoms with van der Waals surface area (Å²) in [4.78, 5) is 43.8. The number of rotatable bonds is 8. The Labute approximate surface area is 262 Å². The van der Waals surface area contributed by atoms with Crippen LogP contribution in [-0.2, 0) is 4.74 Å². The fourth-order valence-corrected chi connectivity index (χ4v) is 5.97. The van der Waals surface area contributed by atoms with E-state index >= 15 is 0 Å². The molecule has 14 heteroatoms. The Morgan fingerprint density at radius 1 is 1.16 bits per heavy atom. The number of alkyl halides is 2. The molecule has 2 aromatic rings. The maximum absolute atomic E-state index is 14.7. The first-order valence-corrected chi connectivity index (χ1v) is 15.4. The second kappa shape index (κ2) is 13.7. The van der Waals surface area contributed by atoms with Crippen LogP contribution < -0.4 is 10.2 Å². The van der Waals surface area contributed by atoms with Gasteiger partial charge in [-0.05, 0) is 80.1 Å². The molecule has 2 fully saturated rings. The van der Waals surface area contributed by atoms with E-state index in [4.69, 9.17) is 4.74 Å². The molecule has 0 saturated carbocycles. The highest BCUT2D eigenvalue weighted by Gasteiger charge is 2.45. The van der Waals surface area contributed by atoms with Gasteiger partial charge in [0.05, 0.1) is 16.2 Å². The monoisotopic (exact) mass is 683 g/mol. The van der Waals surface area contributed by atoms with Crippen LogP contribution in [0.2, 0.25) is 0 Å². The highest BCUT2D eigenvalue weighted by Crippen LogP contribution is 2.38. The van der Waals surface area contributed by atoms with Crippen LogP contribution in [0, 0.1) is 27.8 Å². The topological polar surface area (TPSA) is 118 Å². The van der Waals surface area contributed by atoms with Gasteiger partial charge >= 0.3 is 6.09 Å². The van der Waals surface area contributed by atoms with Crippen molar-refractivity contribution in [3.05, 3.63) is 56.4 Å². The van der Waals surface area contributed by atoms with E-state index in [1.165, 1.54) is 29.2 Å². The van der Waals surface area contributed by atoms with E-state index in [0.717, 1.165) is 25.3 Å². The highest BCUT2D eigenvalue weighted by molar-refractivity contribution is 9.10. The Kier molecular flexibility index (Phi) is 10.4. The van der Waals surface area contributed by atoms with Gasteiger partial charge in [0.15, 0.2) is 5.82 Å². The summed E-state index contributed by atoms with van der Waals surface area (Å²) in [7, 11) is 0. The zero-order valence-corrected chi connectivity index (χ0v) is 26.5. The predicted molar refractivity (Wildman–Crippen MR) is 163 cm³/mol. The van der Waals surface area contributed by atoms with Crippen LogP contribution in [-0.4, -0.2) is 64.5 Å². The summed E-state index contributed by atoms with van der Waals surface area (Å²) in [5, 5.41) is 14.1. The number of pyridine rings is 1. The lowest BCUT2D eigenvalue weighted by atomic mass is 9.85. The molecular formula is C30H37BrF3N5O5. The third-order valence-electron chi connectivity index (χ3n) is 8.01. The number of amides is 2. The van der Waals surface area contributed by atoms with Crippen molar-refractivity contribution in [1.82, 2.24) is 9.88 Å². The maximum atomic E-state index is 14.7. The van der Waals surface area contributed by atoms with Crippen LogP contribution in [0.4, 0.5) is 35.2 Å². The molecule has 10 nitrogen and oxygen atoms in total. The number of aromatic nitrogens is 1. The number of ether oxygens (including phenoxy) is 1. The number of benzene rings is 1. The fraction of sp³-hybridized carbons (Fsp3) is 0.567. The van der Waals surface area contributed by atoms with E-state index in [1.807, 2.05) is 4.90 Å². The summed E-state index contributed by atoms with van der Waals surface area (Å²) in [6.45, 7) is 6.20. The number of halogens is 4.